The van der Waals surface area contributed by atoms with E-state index in [-0.39, 0.29) is 17.6 Å². The van der Waals surface area contributed by atoms with Crippen LogP contribution in [0, 0.1) is 12.7 Å². The first kappa shape index (κ1) is 21.9. The van der Waals surface area contributed by atoms with Crippen molar-refractivity contribution in [3.05, 3.63) is 70.5 Å². The fourth-order valence-electron chi connectivity index (χ4n) is 2.70. The minimum Gasteiger partial charge on any atom is -0.357 e. The van der Waals surface area contributed by atoms with E-state index in [1.165, 1.54) is 12.3 Å². The molecule has 7 heteroatoms. The molecule has 28 heavy (non-hydrogen) atoms. The van der Waals surface area contributed by atoms with Crippen LogP contribution in [0.25, 0.3) is 0 Å². The van der Waals surface area contributed by atoms with Gasteiger partial charge in [-0.2, -0.15) is 0 Å². The van der Waals surface area contributed by atoms with Gasteiger partial charge in [0, 0.05) is 12.8 Å². The van der Waals surface area contributed by atoms with E-state index in [0.29, 0.717) is 24.6 Å². The summed E-state index contributed by atoms with van der Waals surface area (Å²) < 4.78 is 36.6. The number of halogens is 1. The molecule has 0 radical (unpaired) electrons. The van der Waals surface area contributed by atoms with Crippen molar-refractivity contribution in [2.75, 3.05) is 12.8 Å². The monoisotopic (exact) mass is 405 g/mol. The Balaban J connectivity index is 2.06. The van der Waals surface area contributed by atoms with Gasteiger partial charge in [0.25, 0.3) is 0 Å². The van der Waals surface area contributed by atoms with Crippen molar-refractivity contribution in [3.8, 4) is 0 Å². The lowest BCUT2D eigenvalue weighted by Crippen LogP contribution is -2.38. The summed E-state index contributed by atoms with van der Waals surface area (Å²) in [7, 11) is -3.04. The molecule has 5 nitrogen and oxygen atoms in total. The molecule has 0 aliphatic rings. The summed E-state index contributed by atoms with van der Waals surface area (Å²) in [6.45, 7) is 6.83. The lowest BCUT2D eigenvalue weighted by Gasteiger charge is -2.18. The highest BCUT2D eigenvalue weighted by Crippen LogP contribution is 2.16. The molecule has 0 aliphatic heterocycles. The third-order valence-electron chi connectivity index (χ3n) is 4.26. The SMILES string of the molecule is CCNC(=NCc1ccc(CS(C)(=O)=O)cc1)NC(C)c1ccc(C)c(F)c1. The van der Waals surface area contributed by atoms with Crippen LogP contribution in [0.1, 0.15) is 42.1 Å². The van der Waals surface area contributed by atoms with Crippen LogP contribution in [-0.4, -0.2) is 27.2 Å². The summed E-state index contributed by atoms with van der Waals surface area (Å²) in [5.74, 6) is 0.448. The van der Waals surface area contributed by atoms with Crippen LogP contribution >= 0.6 is 0 Å². The van der Waals surface area contributed by atoms with E-state index in [0.717, 1.165) is 16.7 Å². The van der Waals surface area contributed by atoms with Gasteiger partial charge < -0.3 is 10.6 Å². The maximum atomic E-state index is 13.8. The van der Waals surface area contributed by atoms with Crippen LogP contribution in [-0.2, 0) is 22.1 Å². The number of hydrogen-bond acceptors (Lipinski definition) is 3. The maximum Gasteiger partial charge on any atom is 0.192 e. The van der Waals surface area contributed by atoms with Gasteiger partial charge in [-0.1, -0.05) is 36.4 Å². The average molecular weight is 406 g/mol. The highest BCUT2D eigenvalue weighted by Gasteiger charge is 2.10. The molecule has 152 valence electrons. The Morgan fingerprint density at radius 1 is 1.14 bits per heavy atom. The topological polar surface area (TPSA) is 70.6 Å². The molecule has 0 bridgehead atoms. The summed E-state index contributed by atoms with van der Waals surface area (Å²) in [5, 5.41) is 6.47. The summed E-state index contributed by atoms with van der Waals surface area (Å²) in [6, 6.07) is 12.5. The Bertz CT molecular complexity index is 925. The summed E-state index contributed by atoms with van der Waals surface area (Å²) in [5.41, 5.74) is 3.20. The van der Waals surface area contributed by atoms with E-state index in [1.54, 1.807) is 13.0 Å². The molecule has 1 atom stereocenters. The smallest absolute Gasteiger partial charge is 0.192 e. The van der Waals surface area contributed by atoms with Crippen LogP contribution in [0.2, 0.25) is 0 Å². The molecule has 2 rings (SSSR count). The van der Waals surface area contributed by atoms with Gasteiger partial charge in [-0.15, -0.1) is 0 Å². The van der Waals surface area contributed by atoms with Gasteiger partial charge in [0.15, 0.2) is 15.8 Å². The van der Waals surface area contributed by atoms with Crippen molar-refractivity contribution >= 4 is 15.8 Å². The second-order valence-electron chi connectivity index (χ2n) is 6.96. The lowest BCUT2D eigenvalue weighted by molar-refractivity contribution is 0.601. The molecular weight excluding hydrogens is 377 g/mol. The van der Waals surface area contributed by atoms with Crippen LogP contribution < -0.4 is 10.6 Å². The number of hydrogen-bond donors (Lipinski definition) is 2. The molecular formula is C21H28FN3O2S. The molecule has 0 fully saturated rings. The van der Waals surface area contributed by atoms with E-state index < -0.39 is 9.84 Å². The zero-order valence-electron chi connectivity index (χ0n) is 16.8. The fraction of sp³-hybridized carbons (Fsp3) is 0.381. The number of nitrogens with zero attached hydrogens (tertiary/aromatic N) is 1. The highest BCUT2D eigenvalue weighted by molar-refractivity contribution is 7.89. The first-order chi connectivity index (χ1) is 13.2. The van der Waals surface area contributed by atoms with E-state index in [4.69, 9.17) is 0 Å². The summed E-state index contributed by atoms with van der Waals surface area (Å²) in [6.07, 6.45) is 1.22. The molecule has 2 N–H and O–H groups in total. The Labute approximate surface area is 167 Å². The van der Waals surface area contributed by atoms with Crippen molar-refractivity contribution in [2.24, 2.45) is 4.99 Å². The van der Waals surface area contributed by atoms with E-state index in [9.17, 15) is 12.8 Å². The van der Waals surface area contributed by atoms with Crippen molar-refractivity contribution in [3.63, 3.8) is 0 Å². The molecule has 1 unspecified atom stereocenters. The number of benzene rings is 2. The first-order valence-electron chi connectivity index (χ1n) is 9.24. The minimum atomic E-state index is -3.04. The first-order valence-corrected chi connectivity index (χ1v) is 11.3. The number of aryl methyl sites for hydroxylation is 1. The highest BCUT2D eigenvalue weighted by atomic mass is 32.2. The standard InChI is InChI=1S/C21H28FN3O2S/c1-5-23-21(25-16(3)19-11-6-15(2)20(22)12-19)24-13-17-7-9-18(10-8-17)14-28(4,26)27/h6-12,16H,5,13-14H2,1-4H3,(H2,23,24,25). The predicted molar refractivity (Wildman–Crippen MR) is 112 cm³/mol. The third kappa shape index (κ3) is 6.96. The van der Waals surface area contributed by atoms with Crippen molar-refractivity contribution < 1.29 is 12.8 Å². The van der Waals surface area contributed by atoms with Gasteiger partial charge in [-0.3, -0.25) is 0 Å². The predicted octanol–water partition coefficient (Wildman–Crippen LogP) is 3.50. The molecule has 2 aromatic rings. The van der Waals surface area contributed by atoms with Gasteiger partial charge in [-0.25, -0.2) is 17.8 Å². The number of nitrogens with one attached hydrogen (secondary N) is 2. The molecule has 0 saturated heterocycles. The second kappa shape index (κ2) is 9.68. The van der Waals surface area contributed by atoms with Crippen molar-refractivity contribution in [2.45, 2.75) is 39.1 Å². The van der Waals surface area contributed by atoms with E-state index in [1.807, 2.05) is 44.2 Å². The van der Waals surface area contributed by atoms with Gasteiger partial charge >= 0.3 is 0 Å². The Kier molecular flexibility index (Phi) is 7.57. The number of aliphatic imine (C=N–C) groups is 1. The largest absolute Gasteiger partial charge is 0.357 e. The van der Waals surface area contributed by atoms with Crippen LogP contribution in [0.3, 0.4) is 0 Å². The van der Waals surface area contributed by atoms with Gasteiger partial charge in [0.05, 0.1) is 18.3 Å². The molecule has 0 heterocycles. The summed E-state index contributed by atoms with van der Waals surface area (Å²) >= 11 is 0. The van der Waals surface area contributed by atoms with E-state index in [2.05, 4.69) is 15.6 Å². The average Bonchev–Trinajstić information content (AvgIpc) is 2.62. The lowest BCUT2D eigenvalue weighted by atomic mass is 10.1. The quantitative estimate of drug-likeness (QED) is 0.546. The zero-order valence-corrected chi connectivity index (χ0v) is 17.6. The Morgan fingerprint density at radius 2 is 1.79 bits per heavy atom. The summed E-state index contributed by atoms with van der Waals surface area (Å²) in [4.78, 5) is 4.58. The van der Waals surface area contributed by atoms with Crippen LogP contribution in [0.15, 0.2) is 47.5 Å². The molecule has 0 saturated carbocycles. The van der Waals surface area contributed by atoms with Crippen LogP contribution in [0.4, 0.5) is 4.39 Å². The molecule has 2 aromatic carbocycles. The molecule has 0 aliphatic carbocycles. The minimum absolute atomic E-state index is 0.0331. The molecule has 0 aromatic heterocycles. The normalized spacial score (nSPS) is 13.2. The molecule has 0 spiro atoms. The fourth-order valence-corrected chi connectivity index (χ4v) is 3.50. The third-order valence-corrected chi connectivity index (χ3v) is 5.12. The van der Waals surface area contributed by atoms with Crippen molar-refractivity contribution in [1.29, 1.82) is 0 Å². The van der Waals surface area contributed by atoms with Gasteiger partial charge in [0.2, 0.25) is 0 Å². The Morgan fingerprint density at radius 3 is 2.36 bits per heavy atom. The van der Waals surface area contributed by atoms with E-state index >= 15 is 0 Å². The molecule has 0 amide bonds. The maximum absolute atomic E-state index is 13.8. The second-order valence-corrected chi connectivity index (χ2v) is 9.10. The number of guanidine groups is 1. The van der Waals surface area contributed by atoms with Crippen molar-refractivity contribution in [1.82, 2.24) is 10.6 Å². The number of sulfone groups is 1. The Hall–Kier alpha value is -2.41. The van der Waals surface area contributed by atoms with Gasteiger partial charge in [0.1, 0.15) is 5.82 Å². The van der Waals surface area contributed by atoms with Gasteiger partial charge in [-0.05, 0) is 49.1 Å². The van der Waals surface area contributed by atoms with Crippen LogP contribution in [0.5, 0.6) is 0 Å². The zero-order chi connectivity index (χ0) is 20.7. The number of rotatable bonds is 7.